The van der Waals surface area contributed by atoms with Gasteiger partial charge in [0, 0.05) is 12.0 Å². The molecular formula is C18H28N2O3. The highest BCUT2D eigenvalue weighted by atomic mass is 16.6. The monoisotopic (exact) mass is 320 g/mol. The number of hydrogen-bond acceptors (Lipinski definition) is 3. The number of nitrogens with one attached hydrogen (secondary N) is 2. The number of rotatable bonds is 4. The number of piperidine rings is 1. The van der Waals surface area contributed by atoms with Crippen molar-refractivity contribution < 1.29 is 14.3 Å². The van der Waals surface area contributed by atoms with Gasteiger partial charge in [-0.15, -0.1) is 0 Å². The van der Waals surface area contributed by atoms with Crippen molar-refractivity contribution in [2.45, 2.75) is 58.7 Å². The number of carbonyl (C=O) groups is 2. The van der Waals surface area contributed by atoms with Gasteiger partial charge in [0.1, 0.15) is 11.6 Å². The van der Waals surface area contributed by atoms with E-state index in [4.69, 9.17) is 4.74 Å². The van der Waals surface area contributed by atoms with E-state index in [0.717, 1.165) is 5.57 Å². The lowest BCUT2D eigenvalue weighted by molar-refractivity contribution is -0.126. The Labute approximate surface area is 138 Å². The summed E-state index contributed by atoms with van der Waals surface area (Å²) in [5.74, 6) is -0.126. The van der Waals surface area contributed by atoms with E-state index in [1.165, 1.54) is 0 Å². The van der Waals surface area contributed by atoms with Crippen LogP contribution in [0.25, 0.3) is 0 Å². The summed E-state index contributed by atoms with van der Waals surface area (Å²) in [6, 6.07) is -0.639. The molecule has 0 aliphatic carbocycles. The van der Waals surface area contributed by atoms with E-state index < -0.39 is 17.7 Å². The molecule has 1 heterocycles. The van der Waals surface area contributed by atoms with E-state index in [1.807, 2.05) is 38.2 Å². The summed E-state index contributed by atoms with van der Waals surface area (Å²) in [5, 5.41) is 5.54. The van der Waals surface area contributed by atoms with Crippen LogP contribution in [0, 0.1) is 5.92 Å². The number of allylic oxidation sites excluding steroid dienone is 4. The maximum absolute atomic E-state index is 12.1. The van der Waals surface area contributed by atoms with Crippen LogP contribution in [0.1, 0.15) is 41.0 Å². The maximum atomic E-state index is 12.1. The standard InChI is InChI=1S/C18H28N2O3/c1-7-8-9-10-12(2)14-11-15(16(21)19-13(14)3)20-17(22)23-18(4,5)6/h7-10,13-15H,2,11H2,1,3-6H3,(H,19,21)(H,20,22)/b8-7-,10-9-/t13-,14-,15-/m0/s1. The molecule has 0 aromatic heterocycles. The third-order valence-electron chi connectivity index (χ3n) is 3.56. The Morgan fingerprint density at radius 1 is 1.39 bits per heavy atom. The van der Waals surface area contributed by atoms with Crippen LogP contribution in [-0.4, -0.2) is 29.7 Å². The third-order valence-corrected chi connectivity index (χ3v) is 3.56. The Balaban J connectivity index is 2.73. The minimum Gasteiger partial charge on any atom is -0.444 e. The molecule has 5 heteroatoms. The molecule has 0 radical (unpaired) electrons. The fourth-order valence-electron chi connectivity index (χ4n) is 2.45. The van der Waals surface area contributed by atoms with E-state index in [-0.39, 0.29) is 17.9 Å². The average molecular weight is 320 g/mol. The van der Waals surface area contributed by atoms with Crippen LogP contribution >= 0.6 is 0 Å². The lowest BCUT2D eigenvalue weighted by atomic mass is 9.83. The number of hydrogen-bond donors (Lipinski definition) is 2. The number of carbonyl (C=O) groups excluding carboxylic acids is 2. The minimum absolute atomic E-state index is 0.0260. The molecule has 1 aliphatic rings. The normalized spacial score (nSPS) is 25.4. The van der Waals surface area contributed by atoms with Crippen molar-refractivity contribution in [2.24, 2.45) is 5.92 Å². The summed E-state index contributed by atoms with van der Waals surface area (Å²) in [6.45, 7) is 13.3. The summed E-state index contributed by atoms with van der Waals surface area (Å²) >= 11 is 0. The second-order valence-corrected chi connectivity index (χ2v) is 6.80. The zero-order valence-electron chi connectivity index (χ0n) is 14.7. The Morgan fingerprint density at radius 2 is 2.04 bits per heavy atom. The van der Waals surface area contributed by atoms with Gasteiger partial charge in [-0.3, -0.25) is 4.79 Å². The van der Waals surface area contributed by atoms with E-state index in [2.05, 4.69) is 17.2 Å². The Hall–Kier alpha value is -2.04. The molecule has 1 fully saturated rings. The SMILES string of the molecule is C=C(/C=C\C=C/C)[C@@H]1C[C@H](NC(=O)OC(C)(C)C)C(=O)N[C@H]1C. The summed E-state index contributed by atoms with van der Waals surface area (Å²) in [4.78, 5) is 24.0. The molecule has 128 valence electrons. The van der Waals surface area contributed by atoms with Gasteiger partial charge in [0.05, 0.1) is 0 Å². The Kier molecular flexibility index (Phi) is 6.61. The third kappa shape index (κ3) is 6.30. The molecular weight excluding hydrogens is 292 g/mol. The quantitative estimate of drug-likeness (QED) is 0.782. The molecule has 0 saturated carbocycles. The van der Waals surface area contributed by atoms with Crippen LogP contribution in [0.15, 0.2) is 36.5 Å². The van der Waals surface area contributed by atoms with E-state index in [9.17, 15) is 9.59 Å². The fraction of sp³-hybridized carbons (Fsp3) is 0.556. The van der Waals surface area contributed by atoms with Crippen LogP contribution in [0.4, 0.5) is 4.79 Å². The van der Waals surface area contributed by atoms with Gasteiger partial charge in [0.15, 0.2) is 0 Å². The van der Waals surface area contributed by atoms with E-state index >= 15 is 0 Å². The molecule has 1 rings (SSSR count). The highest BCUT2D eigenvalue weighted by Crippen LogP contribution is 2.25. The molecule has 1 aliphatic heterocycles. The molecule has 2 amide bonds. The van der Waals surface area contributed by atoms with E-state index in [0.29, 0.717) is 6.42 Å². The molecule has 5 nitrogen and oxygen atoms in total. The predicted octanol–water partition coefficient (Wildman–Crippen LogP) is 3.09. The van der Waals surface area contributed by atoms with Crippen molar-refractivity contribution in [1.82, 2.24) is 10.6 Å². The first-order valence-corrected chi connectivity index (χ1v) is 7.92. The highest BCUT2D eigenvalue weighted by Gasteiger charge is 2.35. The Bertz CT molecular complexity index is 515. The first-order valence-electron chi connectivity index (χ1n) is 7.92. The van der Waals surface area contributed by atoms with Gasteiger partial charge < -0.3 is 15.4 Å². The zero-order chi connectivity index (χ0) is 17.6. The van der Waals surface area contributed by atoms with Crippen LogP contribution in [0.3, 0.4) is 0 Å². The molecule has 2 N–H and O–H groups in total. The van der Waals surface area contributed by atoms with Gasteiger partial charge in [0.2, 0.25) is 5.91 Å². The second kappa shape index (κ2) is 7.99. The van der Waals surface area contributed by atoms with Crippen molar-refractivity contribution >= 4 is 12.0 Å². The van der Waals surface area contributed by atoms with Crippen molar-refractivity contribution in [1.29, 1.82) is 0 Å². The smallest absolute Gasteiger partial charge is 0.408 e. The fourth-order valence-corrected chi connectivity index (χ4v) is 2.45. The average Bonchev–Trinajstić information content (AvgIpc) is 2.39. The lowest BCUT2D eigenvalue weighted by Gasteiger charge is -2.35. The van der Waals surface area contributed by atoms with Gasteiger partial charge in [-0.2, -0.15) is 0 Å². The van der Waals surface area contributed by atoms with Crippen LogP contribution in [0.2, 0.25) is 0 Å². The van der Waals surface area contributed by atoms with Gasteiger partial charge in [-0.1, -0.05) is 30.9 Å². The summed E-state index contributed by atoms with van der Waals surface area (Å²) in [6.07, 6.45) is 7.63. The molecule has 0 bridgehead atoms. The zero-order valence-corrected chi connectivity index (χ0v) is 14.7. The molecule has 3 atom stereocenters. The molecule has 1 saturated heterocycles. The van der Waals surface area contributed by atoms with Gasteiger partial charge in [0.25, 0.3) is 0 Å². The topological polar surface area (TPSA) is 67.4 Å². The first-order chi connectivity index (χ1) is 10.6. The van der Waals surface area contributed by atoms with E-state index in [1.54, 1.807) is 20.8 Å². The molecule has 0 aromatic carbocycles. The van der Waals surface area contributed by atoms with Crippen molar-refractivity contribution in [3.63, 3.8) is 0 Å². The second-order valence-electron chi connectivity index (χ2n) is 6.80. The maximum Gasteiger partial charge on any atom is 0.408 e. The highest BCUT2D eigenvalue weighted by molar-refractivity contribution is 5.86. The molecule has 0 unspecified atom stereocenters. The largest absolute Gasteiger partial charge is 0.444 e. The molecule has 0 aromatic rings. The van der Waals surface area contributed by atoms with Crippen molar-refractivity contribution in [3.05, 3.63) is 36.5 Å². The first kappa shape index (κ1) is 19.0. The number of amides is 2. The molecule has 23 heavy (non-hydrogen) atoms. The van der Waals surface area contributed by atoms with Crippen LogP contribution in [0.5, 0.6) is 0 Å². The van der Waals surface area contributed by atoms with Gasteiger partial charge in [-0.25, -0.2) is 4.79 Å². The van der Waals surface area contributed by atoms with Crippen molar-refractivity contribution in [2.75, 3.05) is 0 Å². The van der Waals surface area contributed by atoms with Crippen LogP contribution in [-0.2, 0) is 9.53 Å². The summed E-state index contributed by atoms with van der Waals surface area (Å²) < 4.78 is 5.22. The lowest BCUT2D eigenvalue weighted by Crippen LogP contribution is -2.57. The summed E-state index contributed by atoms with van der Waals surface area (Å²) in [5.41, 5.74) is 0.326. The number of alkyl carbamates (subject to hydrolysis) is 1. The minimum atomic E-state index is -0.613. The van der Waals surface area contributed by atoms with Crippen LogP contribution < -0.4 is 10.6 Å². The summed E-state index contributed by atoms with van der Waals surface area (Å²) in [7, 11) is 0. The number of ether oxygens (including phenoxy) is 1. The molecule has 0 spiro atoms. The Morgan fingerprint density at radius 3 is 2.61 bits per heavy atom. The van der Waals surface area contributed by atoms with Gasteiger partial charge >= 0.3 is 6.09 Å². The van der Waals surface area contributed by atoms with Gasteiger partial charge in [-0.05, 0) is 46.6 Å². The van der Waals surface area contributed by atoms with Crippen molar-refractivity contribution in [3.8, 4) is 0 Å². The predicted molar refractivity (Wildman–Crippen MR) is 92.0 cm³/mol.